The Morgan fingerprint density at radius 3 is 2.88 bits per heavy atom. The molecular formula is C16H17Cl3N4O2. The minimum absolute atomic E-state index is 0. The Balaban J connectivity index is 0.00000225. The summed E-state index contributed by atoms with van der Waals surface area (Å²) in [5.74, 6) is 0.427. The van der Waals surface area contributed by atoms with Crippen LogP contribution in [0.4, 0.5) is 11.5 Å². The number of rotatable bonds is 5. The summed E-state index contributed by atoms with van der Waals surface area (Å²) in [5, 5.41) is 15.8. The van der Waals surface area contributed by atoms with Crippen LogP contribution in [-0.2, 0) is 6.54 Å². The fourth-order valence-electron chi connectivity index (χ4n) is 2.81. The largest absolute Gasteiger partial charge is 0.349 e. The molecule has 0 bridgehead atoms. The average Bonchev–Trinajstić information content (AvgIpc) is 3.03. The molecule has 6 nitrogen and oxygen atoms in total. The second kappa shape index (κ2) is 8.67. The lowest BCUT2D eigenvalue weighted by Gasteiger charge is -2.18. The number of aromatic nitrogens is 1. The van der Waals surface area contributed by atoms with E-state index in [0.717, 1.165) is 18.5 Å². The van der Waals surface area contributed by atoms with Crippen LogP contribution in [0.15, 0.2) is 36.5 Å². The molecule has 1 aliphatic heterocycles. The van der Waals surface area contributed by atoms with E-state index in [9.17, 15) is 10.1 Å². The fourth-order valence-corrected chi connectivity index (χ4v) is 3.29. The molecule has 1 unspecified atom stereocenters. The third kappa shape index (κ3) is 4.73. The van der Waals surface area contributed by atoms with Crippen molar-refractivity contribution in [1.82, 2.24) is 10.3 Å². The maximum Gasteiger partial charge on any atom is 0.311 e. The minimum Gasteiger partial charge on any atom is -0.349 e. The van der Waals surface area contributed by atoms with Gasteiger partial charge < -0.3 is 10.2 Å². The van der Waals surface area contributed by atoms with Gasteiger partial charge in [-0.1, -0.05) is 29.3 Å². The fraction of sp³-hybridized carbons (Fsp3) is 0.312. The molecule has 9 heteroatoms. The number of nitro groups is 1. The highest BCUT2D eigenvalue weighted by Crippen LogP contribution is 2.28. The van der Waals surface area contributed by atoms with Crippen LogP contribution in [0.5, 0.6) is 0 Å². The lowest BCUT2D eigenvalue weighted by Crippen LogP contribution is -2.32. The Bertz CT molecular complexity index is 760. The molecule has 0 radical (unpaired) electrons. The predicted octanol–water partition coefficient (Wildman–Crippen LogP) is 4.09. The molecule has 1 atom stereocenters. The van der Waals surface area contributed by atoms with Crippen molar-refractivity contribution in [2.45, 2.75) is 19.0 Å². The van der Waals surface area contributed by atoms with E-state index in [1.165, 1.54) is 6.07 Å². The van der Waals surface area contributed by atoms with Crippen molar-refractivity contribution in [1.29, 1.82) is 0 Å². The number of nitrogens with zero attached hydrogens (tertiary/aromatic N) is 3. The van der Waals surface area contributed by atoms with Crippen LogP contribution in [0.3, 0.4) is 0 Å². The van der Waals surface area contributed by atoms with Gasteiger partial charge in [0.2, 0.25) is 5.82 Å². The molecule has 1 aromatic heterocycles. The van der Waals surface area contributed by atoms with E-state index in [2.05, 4.69) is 10.3 Å². The van der Waals surface area contributed by atoms with Gasteiger partial charge in [-0.2, -0.15) is 0 Å². The molecule has 134 valence electrons. The average molecular weight is 404 g/mol. The first-order valence-corrected chi connectivity index (χ1v) is 8.32. The first-order valence-electron chi connectivity index (χ1n) is 7.56. The van der Waals surface area contributed by atoms with Crippen molar-refractivity contribution < 1.29 is 4.92 Å². The van der Waals surface area contributed by atoms with Gasteiger partial charge in [0.25, 0.3) is 0 Å². The molecule has 25 heavy (non-hydrogen) atoms. The quantitative estimate of drug-likeness (QED) is 0.601. The van der Waals surface area contributed by atoms with Crippen molar-refractivity contribution >= 4 is 47.1 Å². The molecule has 2 aromatic rings. The minimum atomic E-state index is -0.392. The van der Waals surface area contributed by atoms with Gasteiger partial charge in [0, 0.05) is 48.0 Å². The number of hydrogen-bond acceptors (Lipinski definition) is 5. The maximum atomic E-state index is 11.1. The SMILES string of the molecule is Cl.O=[N+]([O-])c1cccnc1N1CCC(NCc2ccc(Cl)cc2Cl)C1. The number of benzene rings is 1. The second-order valence-electron chi connectivity index (χ2n) is 5.65. The molecule has 0 saturated carbocycles. The van der Waals surface area contributed by atoms with E-state index in [-0.39, 0.29) is 24.1 Å². The van der Waals surface area contributed by atoms with Crippen LogP contribution < -0.4 is 10.2 Å². The van der Waals surface area contributed by atoms with Gasteiger partial charge in [-0.05, 0) is 30.2 Å². The summed E-state index contributed by atoms with van der Waals surface area (Å²) in [7, 11) is 0. The monoisotopic (exact) mass is 402 g/mol. The zero-order valence-electron chi connectivity index (χ0n) is 13.2. The highest BCUT2D eigenvalue weighted by molar-refractivity contribution is 6.35. The summed E-state index contributed by atoms with van der Waals surface area (Å²) in [6, 6.07) is 8.71. The van der Waals surface area contributed by atoms with Crippen LogP contribution in [-0.4, -0.2) is 29.0 Å². The molecule has 1 fully saturated rings. The van der Waals surface area contributed by atoms with Crippen LogP contribution >= 0.6 is 35.6 Å². The number of nitrogens with one attached hydrogen (secondary N) is 1. The zero-order valence-corrected chi connectivity index (χ0v) is 15.5. The smallest absolute Gasteiger partial charge is 0.311 e. The summed E-state index contributed by atoms with van der Waals surface area (Å²) >= 11 is 12.1. The molecule has 3 rings (SSSR count). The summed E-state index contributed by atoms with van der Waals surface area (Å²) < 4.78 is 0. The van der Waals surface area contributed by atoms with E-state index in [1.807, 2.05) is 17.0 Å². The molecule has 1 aromatic carbocycles. The van der Waals surface area contributed by atoms with Gasteiger partial charge in [0.05, 0.1) is 4.92 Å². The lowest BCUT2D eigenvalue weighted by atomic mass is 10.2. The van der Waals surface area contributed by atoms with Crippen LogP contribution in [0.25, 0.3) is 0 Å². The predicted molar refractivity (Wildman–Crippen MR) is 102 cm³/mol. The lowest BCUT2D eigenvalue weighted by molar-refractivity contribution is -0.384. The Hall–Kier alpha value is -1.60. The molecule has 1 N–H and O–H groups in total. The molecule has 1 saturated heterocycles. The first kappa shape index (κ1) is 19.7. The molecule has 1 aliphatic rings. The van der Waals surface area contributed by atoms with Crippen molar-refractivity contribution in [3.05, 3.63) is 62.3 Å². The van der Waals surface area contributed by atoms with E-state index >= 15 is 0 Å². The standard InChI is InChI=1S/C16H16Cl2N4O2.ClH/c17-12-4-3-11(14(18)8-12)9-20-13-5-7-21(10-13)16-15(22(23)24)2-1-6-19-16;/h1-4,6,8,13,20H,5,7,9-10H2;1H. The van der Waals surface area contributed by atoms with Crippen LogP contribution in [0.1, 0.15) is 12.0 Å². The van der Waals surface area contributed by atoms with E-state index < -0.39 is 4.92 Å². The topological polar surface area (TPSA) is 71.3 Å². The van der Waals surface area contributed by atoms with Gasteiger partial charge in [-0.3, -0.25) is 10.1 Å². The number of hydrogen-bond donors (Lipinski definition) is 1. The van der Waals surface area contributed by atoms with Crippen molar-refractivity contribution in [2.75, 3.05) is 18.0 Å². The third-order valence-electron chi connectivity index (χ3n) is 4.05. The molecule has 0 spiro atoms. The summed E-state index contributed by atoms with van der Waals surface area (Å²) in [6.45, 7) is 2.02. The van der Waals surface area contributed by atoms with Gasteiger partial charge >= 0.3 is 5.69 Å². The normalized spacial score (nSPS) is 16.6. The van der Waals surface area contributed by atoms with Crippen LogP contribution in [0, 0.1) is 10.1 Å². The number of halogens is 3. The van der Waals surface area contributed by atoms with E-state index in [0.29, 0.717) is 29.0 Å². The molecule has 2 heterocycles. The van der Waals surface area contributed by atoms with Gasteiger partial charge in [0.15, 0.2) is 0 Å². The van der Waals surface area contributed by atoms with Gasteiger partial charge in [-0.25, -0.2) is 4.98 Å². The number of pyridine rings is 1. The summed E-state index contributed by atoms with van der Waals surface area (Å²) in [6.07, 6.45) is 2.47. The summed E-state index contributed by atoms with van der Waals surface area (Å²) in [5.41, 5.74) is 1.02. The van der Waals surface area contributed by atoms with E-state index in [4.69, 9.17) is 23.2 Å². The Morgan fingerprint density at radius 2 is 2.16 bits per heavy atom. The molecule has 0 amide bonds. The second-order valence-corrected chi connectivity index (χ2v) is 6.50. The zero-order chi connectivity index (χ0) is 17.1. The molecule has 0 aliphatic carbocycles. The van der Waals surface area contributed by atoms with Crippen molar-refractivity contribution in [2.24, 2.45) is 0 Å². The maximum absolute atomic E-state index is 11.1. The van der Waals surface area contributed by atoms with Gasteiger partial charge in [-0.15, -0.1) is 12.4 Å². The Morgan fingerprint density at radius 1 is 1.36 bits per heavy atom. The molecular weight excluding hydrogens is 387 g/mol. The highest BCUT2D eigenvalue weighted by Gasteiger charge is 2.28. The highest BCUT2D eigenvalue weighted by atomic mass is 35.5. The number of anilines is 1. The first-order chi connectivity index (χ1) is 11.5. The van der Waals surface area contributed by atoms with Crippen LogP contribution in [0.2, 0.25) is 10.0 Å². The van der Waals surface area contributed by atoms with Crippen molar-refractivity contribution in [3.8, 4) is 0 Å². The Kier molecular flexibility index (Phi) is 6.84. The van der Waals surface area contributed by atoms with Gasteiger partial charge in [0.1, 0.15) is 0 Å². The summed E-state index contributed by atoms with van der Waals surface area (Å²) in [4.78, 5) is 16.9. The van der Waals surface area contributed by atoms with E-state index in [1.54, 1.807) is 18.3 Å². The third-order valence-corrected chi connectivity index (χ3v) is 4.63. The van der Waals surface area contributed by atoms with Crippen molar-refractivity contribution in [3.63, 3.8) is 0 Å². The Labute approximate surface area is 161 Å².